The predicted molar refractivity (Wildman–Crippen MR) is 88.0 cm³/mol. The molecular formula is C16H17N3O3S. The normalized spacial score (nSPS) is 9.91. The summed E-state index contributed by atoms with van der Waals surface area (Å²) in [5, 5.41) is 9.44. The Kier molecular flexibility index (Phi) is 6.31. The molecule has 3 amide bonds. The van der Waals surface area contributed by atoms with E-state index in [4.69, 9.17) is 0 Å². The summed E-state index contributed by atoms with van der Waals surface area (Å²) in [6.07, 6.45) is 0. The molecule has 0 fully saturated rings. The van der Waals surface area contributed by atoms with Crippen molar-refractivity contribution in [3.05, 3.63) is 58.3 Å². The number of rotatable bonds is 7. The van der Waals surface area contributed by atoms with Crippen molar-refractivity contribution in [3.63, 3.8) is 0 Å². The van der Waals surface area contributed by atoms with E-state index < -0.39 is 5.91 Å². The molecule has 2 aromatic rings. The van der Waals surface area contributed by atoms with Crippen LogP contribution in [-0.2, 0) is 16.1 Å². The van der Waals surface area contributed by atoms with Crippen LogP contribution in [0.25, 0.3) is 0 Å². The number of carbonyl (C=O) groups is 3. The maximum atomic E-state index is 11.6. The SMILES string of the molecule is O=C(CNC(=O)CNC(=O)c1cccs1)NCc1ccccc1. The summed E-state index contributed by atoms with van der Waals surface area (Å²) in [6, 6.07) is 12.9. The molecular weight excluding hydrogens is 314 g/mol. The van der Waals surface area contributed by atoms with Gasteiger partial charge in [0.2, 0.25) is 11.8 Å². The van der Waals surface area contributed by atoms with Gasteiger partial charge in [0, 0.05) is 6.54 Å². The van der Waals surface area contributed by atoms with Crippen LogP contribution >= 0.6 is 11.3 Å². The quantitative estimate of drug-likeness (QED) is 0.705. The topological polar surface area (TPSA) is 87.3 Å². The zero-order valence-corrected chi connectivity index (χ0v) is 13.2. The Labute approximate surface area is 137 Å². The molecule has 3 N–H and O–H groups in total. The molecule has 0 unspecified atom stereocenters. The first-order valence-corrected chi connectivity index (χ1v) is 7.92. The van der Waals surface area contributed by atoms with Gasteiger partial charge in [0.15, 0.2) is 0 Å². The molecule has 7 heteroatoms. The zero-order chi connectivity index (χ0) is 16.5. The highest BCUT2D eigenvalue weighted by atomic mass is 32.1. The second kappa shape index (κ2) is 8.70. The molecule has 0 aliphatic carbocycles. The number of hydrogen-bond acceptors (Lipinski definition) is 4. The minimum atomic E-state index is -0.412. The van der Waals surface area contributed by atoms with E-state index in [0.717, 1.165) is 5.56 Å². The number of carbonyl (C=O) groups excluding carboxylic acids is 3. The molecule has 0 saturated heterocycles. The van der Waals surface area contributed by atoms with Crippen LogP contribution < -0.4 is 16.0 Å². The third-order valence-corrected chi connectivity index (χ3v) is 3.80. The molecule has 6 nitrogen and oxygen atoms in total. The summed E-state index contributed by atoms with van der Waals surface area (Å²) in [5.41, 5.74) is 0.982. The van der Waals surface area contributed by atoms with E-state index in [-0.39, 0.29) is 24.9 Å². The van der Waals surface area contributed by atoms with Crippen LogP contribution in [-0.4, -0.2) is 30.8 Å². The maximum Gasteiger partial charge on any atom is 0.261 e. The summed E-state index contributed by atoms with van der Waals surface area (Å²) in [5.74, 6) is -1.000. The van der Waals surface area contributed by atoms with Crippen molar-refractivity contribution in [3.8, 4) is 0 Å². The lowest BCUT2D eigenvalue weighted by Crippen LogP contribution is -2.41. The van der Waals surface area contributed by atoms with Crippen LogP contribution in [0.15, 0.2) is 47.8 Å². The maximum absolute atomic E-state index is 11.6. The van der Waals surface area contributed by atoms with Crippen molar-refractivity contribution in [1.29, 1.82) is 0 Å². The highest BCUT2D eigenvalue weighted by Crippen LogP contribution is 2.07. The van der Waals surface area contributed by atoms with Gasteiger partial charge in [-0.15, -0.1) is 11.3 Å². The number of nitrogens with one attached hydrogen (secondary N) is 3. The molecule has 1 aromatic heterocycles. The standard InChI is InChI=1S/C16H17N3O3S/c20-14(17-9-12-5-2-1-3-6-12)10-18-15(21)11-19-16(22)13-7-4-8-23-13/h1-8H,9-11H2,(H,17,20)(H,18,21)(H,19,22). The third kappa shape index (κ3) is 5.91. The van der Waals surface area contributed by atoms with Crippen molar-refractivity contribution in [1.82, 2.24) is 16.0 Å². The third-order valence-electron chi connectivity index (χ3n) is 2.93. The minimum Gasteiger partial charge on any atom is -0.350 e. The molecule has 0 radical (unpaired) electrons. The zero-order valence-electron chi connectivity index (χ0n) is 12.4. The second-order valence-electron chi connectivity index (χ2n) is 4.70. The summed E-state index contributed by atoms with van der Waals surface area (Å²) in [6.45, 7) is 0.119. The van der Waals surface area contributed by atoms with Crippen LogP contribution in [0.4, 0.5) is 0 Å². The Morgan fingerprint density at radius 1 is 0.826 bits per heavy atom. The monoisotopic (exact) mass is 331 g/mol. The number of amides is 3. The molecule has 23 heavy (non-hydrogen) atoms. The van der Waals surface area contributed by atoms with Crippen LogP contribution in [0.1, 0.15) is 15.2 Å². The first-order chi connectivity index (χ1) is 11.1. The largest absolute Gasteiger partial charge is 0.350 e. The van der Waals surface area contributed by atoms with Crippen LogP contribution in [0.2, 0.25) is 0 Å². The Bertz CT molecular complexity index is 656. The first kappa shape index (κ1) is 16.7. The second-order valence-corrected chi connectivity index (χ2v) is 5.65. The van der Waals surface area contributed by atoms with E-state index in [2.05, 4.69) is 16.0 Å². The van der Waals surface area contributed by atoms with Crippen LogP contribution in [0, 0.1) is 0 Å². The fraction of sp³-hybridized carbons (Fsp3) is 0.188. The van der Waals surface area contributed by atoms with Crippen molar-refractivity contribution in [2.24, 2.45) is 0 Å². The first-order valence-electron chi connectivity index (χ1n) is 7.04. The fourth-order valence-corrected chi connectivity index (χ4v) is 2.40. The van der Waals surface area contributed by atoms with Gasteiger partial charge in [0.05, 0.1) is 18.0 Å². The minimum absolute atomic E-state index is 0.124. The Hall–Kier alpha value is -2.67. The van der Waals surface area contributed by atoms with Crippen LogP contribution in [0.3, 0.4) is 0 Å². The van der Waals surface area contributed by atoms with E-state index in [1.54, 1.807) is 17.5 Å². The lowest BCUT2D eigenvalue weighted by molar-refractivity contribution is -0.125. The van der Waals surface area contributed by atoms with Gasteiger partial charge in [-0.25, -0.2) is 0 Å². The molecule has 120 valence electrons. The van der Waals surface area contributed by atoms with Gasteiger partial charge in [0.25, 0.3) is 5.91 Å². The highest BCUT2D eigenvalue weighted by molar-refractivity contribution is 7.12. The lowest BCUT2D eigenvalue weighted by Gasteiger charge is -2.07. The summed E-state index contributed by atoms with van der Waals surface area (Å²) in [4.78, 5) is 35.4. The average Bonchev–Trinajstić information content (AvgIpc) is 3.11. The van der Waals surface area contributed by atoms with Gasteiger partial charge in [-0.1, -0.05) is 36.4 Å². The molecule has 0 spiro atoms. The van der Waals surface area contributed by atoms with Crippen molar-refractivity contribution >= 4 is 29.1 Å². The molecule has 2 rings (SSSR count). The van der Waals surface area contributed by atoms with Gasteiger partial charge in [0.1, 0.15) is 0 Å². The van der Waals surface area contributed by atoms with E-state index >= 15 is 0 Å². The highest BCUT2D eigenvalue weighted by Gasteiger charge is 2.09. The van der Waals surface area contributed by atoms with E-state index in [1.165, 1.54) is 11.3 Å². The average molecular weight is 331 g/mol. The van der Waals surface area contributed by atoms with Crippen LogP contribution in [0.5, 0.6) is 0 Å². The van der Waals surface area contributed by atoms with Gasteiger partial charge in [-0.3, -0.25) is 14.4 Å². The predicted octanol–water partition coefficient (Wildman–Crippen LogP) is 0.911. The van der Waals surface area contributed by atoms with Crippen molar-refractivity contribution in [2.45, 2.75) is 6.54 Å². The molecule has 0 atom stereocenters. The lowest BCUT2D eigenvalue weighted by atomic mass is 10.2. The molecule has 1 heterocycles. The van der Waals surface area contributed by atoms with E-state index in [0.29, 0.717) is 11.4 Å². The number of benzene rings is 1. The van der Waals surface area contributed by atoms with E-state index in [1.807, 2.05) is 30.3 Å². The van der Waals surface area contributed by atoms with E-state index in [9.17, 15) is 14.4 Å². The molecule has 0 aliphatic heterocycles. The molecule has 0 saturated carbocycles. The summed E-state index contributed by atoms with van der Waals surface area (Å²) >= 11 is 1.30. The molecule has 1 aromatic carbocycles. The van der Waals surface area contributed by atoms with Gasteiger partial charge >= 0.3 is 0 Å². The summed E-state index contributed by atoms with van der Waals surface area (Å²) in [7, 11) is 0. The number of hydrogen-bond donors (Lipinski definition) is 3. The van der Waals surface area contributed by atoms with Crippen molar-refractivity contribution < 1.29 is 14.4 Å². The number of thiophene rings is 1. The van der Waals surface area contributed by atoms with Gasteiger partial charge in [-0.05, 0) is 17.0 Å². The Morgan fingerprint density at radius 3 is 2.22 bits per heavy atom. The molecule has 0 aliphatic rings. The van der Waals surface area contributed by atoms with Gasteiger partial charge < -0.3 is 16.0 Å². The summed E-state index contributed by atoms with van der Waals surface area (Å²) < 4.78 is 0. The van der Waals surface area contributed by atoms with Crippen molar-refractivity contribution in [2.75, 3.05) is 13.1 Å². The molecule has 0 bridgehead atoms. The fourth-order valence-electron chi connectivity index (χ4n) is 1.76. The van der Waals surface area contributed by atoms with Gasteiger partial charge in [-0.2, -0.15) is 0 Å². The smallest absolute Gasteiger partial charge is 0.261 e. The Balaban J connectivity index is 1.62. The Morgan fingerprint density at radius 2 is 1.52 bits per heavy atom.